The summed E-state index contributed by atoms with van der Waals surface area (Å²) in [7, 11) is 2.05. The van der Waals surface area contributed by atoms with Crippen LogP contribution in [0.3, 0.4) is 0 Å². The van der Waals surface area contributed by atoms with E-state index in [1.165, 1.54) is 30.5 Å². The van der Waals surface area contributed by atoms with Crippen molar-refractivity contribution in [3.05, 3.63) is 83.9 Å². The van der Waals surface area contributed by atoms with E-state index in [1.54, 1.807) is 20.1 Å². The van der Waals surface area contributed by atoms with Crippen LogP contribution in [0.1, 0.15) is 25.0 Å². The number of aldehydes is 1. The van der Waals surface area contributed by atoms with E-state index >= 15 is 0 Å². The van der Waals surface area contributed by atoms with E-state index in [1.807, 2.05) is 6.07 Å². The van der Waals surface area contributed by atoms with Gasteiger partial charge in [0.25, 0.3) is 0 Å². The predicted molar refractivity (Wildman–Crippen MR) is 176 cm³/mol. The van der Waals surface area contributed by atoms with E-state index in [4.69, 9.17) is 27.9 Å². The summed E-state index contributed by atoms with van der Waals surface area (Å²) in [6.07, 6.45) is 5.28. The second-order valence-electron chi connectivity index (χ2n) is 11.0. The molecule has 41 heavy (non-hydrogen) atoms. The number of methoxy groups -OCH3 is 2. The van der Waals surface area contributed by atoms with Crippen LogP contribution in [-0.2, 0) is 32.2 Å². The van der Waals surface area contributed by atoms with Gasteiger partial charge in [-0.25, -0.2) is 4.79 Å². The fraction of sp³-hybridized carbons (Fsp3) is 0.500. The van der Waals surface area contributed by atoms with Gasteiger partial charge in [-0.2, -0.15) is 0 Å². The molecule has 1 heterocycles. The van der Waals surface area contributed by atoms with Gasteiger partial charge in [0.1, 0.15) is 6.29 Å². The van der Waals surface area contributed by atoms with Gasteiger partial charge in [-0.3, -0.25) is 9.80 Å². The summed E-state index contributed by atoms with van der Waals surface area (Å²) in [5.74, 6) is 0.433. The second kappa shape index (κ2) is 23.5. The minimum atomic E-state index is -1.07. The maximum atomic E-state index is 10.8. The highest BCUT2D eigenvalue weighted by atomic mass is 35.5. The van der Waals surface area contributed by atoms with Crippen LogP contribution in [0.25, 0.3) is 0 Å². The summed E-state index contributed by atoms with van der Waals surface area (Å²) in [6, 6.07) is 21.0. The Morgan fingerprint density at radius 1 is 1.00 bits per heavy atom. The lowest BCUT2D eigenvalue weighted by molar-refractivity contribution is -0.134. The number of ether oxygens (including phenoxy) is 2. The van der Waals surface area contributed by atoms with E-state index in [9.17, 15) is 9.59 Å². The molecule has 2 unspecified atom stereocenters. The van der Waals surface area contributed by atoms with Gasteiger partial charge in [-0.1, -0.05) is 93.3 Å². The molecule has 2 aromatic carbocycles. The zero-order chi connectivity index (χ0) is 31.1. The third kappa shape index (κ3) is 20.5. The SMILES string of the molecule is C/C=C/C(=O)OC.CC1CN(Cc2ccccc2)CC1C=O.COCN(Cc1ccccc1)C[Si](C)(C)C.ClCCl. The lowest BCUT2D eigenvalue weighted by Gasteiger charge is -2.28. The first-order chi connectivity index (χ1) is 19.5. The number of halogens is 2. The fourth-order valence-electron chi connectivity index (χ4n) is 4.29. The number of esters is 1. The van der Waals surface area contributed by atoms with Crippen molar-refractivity contribution in [2.45, 2.75) is 46.6 Å². The van der Waals surface area contributed by atoms with Crippen LogP contribution in [0.4, 0.5) is 0 Å². The van der Waals surface area contributed by atoms with Crippen LogP contribution < -0.4 is 0 Å². The summed E-state index contributed by atoms with van der Waals surface area (Å²) in [4.78, 5) is 25.6. The highest BCUT2D eigenvalue weighted by Gasteiger charge is 2.28. The molecule has 9 heteroatoms. The van der Waals surface area contributed by atoms with E-state index in [-0.39, 0.29) is 17.2 Å². The van der Waals surface area contributed by atoms with E-state index in [2.05, 4.69) is 95.7 Å². The number of benzene rings is 2. The van der Waals surface area contributed by atoms with Gasteiger partial charge in [0.15, 0.2) is 0 Å². The Morgan fingerprint density at radius 2 is 1.54 bits per heavy atom. The monoisotopic (exact) mass is 624 g/mol. The number of nitrogens with zero attached hydrogens (tertiary/aromatic N) is 2. The van der Waals surface area contributed by atoms with Crippen molar-refractivity contribution in [1.82, 2.24) is 9.80 Å². The van der Waals surface area contributed by atoms with Crippen molar-refractivity contribution in [1.29, 1.82) is 0 Å². The molecule has 0 N–H and O–H groups in total. The van der Waals surface area contributed by atoms with Crippen molar-refractivity contribution < 1.29 is 19.1 Å². The molecule has 0 radical (unpaired) electrons. The summed E-state index contributed by atoms with van der Waals surface area (Å²) >= 11 is 9.53. The topological polar surface area (TPSA) is 59.1 Å². The number of allylic oxidation sites excluding steroid dienone is 1. The molecule has 6 nitrogen and oxygen atoms in total. The lowest BCUT2D eigenvalue weighted by Crippen LogP contribution is -2.40. The zero-order valence-corrected chi connectivity index (χ0v) is 28.4. The first-order valence-electron chi connectivity index (χ1n) is 13.8. The summed E-state index contributed by atoms with van der Waals surface area (Å²) < 4.78 is 9.54. The molecule has 2 atom stereocenters. The van der Waals surface area contributed by atoms with Crippen molar-refractivity contribution >= 4 is 43.5 Å². The lowest BCUT2D eigenvalue weighted by atomic mass is 10.0. The minimum Gasteiger partial charge on any atom is -0.466 e. The van der Waals surface area contributed by atoms with Gasteiger partial charge in [0, 0.05) is 45.3 Å². The first kappa shape index (κ1) is 39.0. The molecule has 1 saturated heterocycles. The number of rotatable bonds is 10. The predicted octanol–water partition coefficient (Wildman–Crippen LogP) is 7.08. The van der Waals surface area contributed by atoms with Crippen LogP contribution in [0.2, 0.25) is 19.6 Å². The zero-order valence-electron chi connectivity index (χ0n) is 25.9. The third-order valence-corrected chi connectivity index (χ3v) is 7.33. The molecule has 0 bridgehead atoms. The Labute approximate surface area is 259 Å². The minimum absolute atomic E-state index is 0.194. The maximum absolute atomic E-state index is 10.8. The second-order valence-corrected chi connectivity index (χ2v) is 17.3. The van der Waals surface area contributed by atoms with E-state index < -0.39 is 8.07 Å². The van der Waals surface area contributed by atoms with Crippen LogP contribution in [0, 0.1) is 11.8 Å². The molecule has 1 fully saturated rings. The molecule has 2 aromatic rings. The van der Waals surface area contributed by atoms with Gasteiger partial charge in [0.05, 0.1) is 27.3 Å². The number of carbonyl (C=O) groups is 2. The molecular weight excluding hydrogens is 575 g/mol. The van der Waals surface area contributed by atoms with Crippen LogP contribution in [0.15, 0.2) is 72.8 Å². The van der Waals surface area contributed by atoms with Gasteiger partial charge >= 0.3 is 5.97 Å². The Kier molecular flexibility index (Phi) is 22.4. The third-order valence-electron chi connectivity index (χ3n) is 5.93. The summed E-state index contributed by atoms with van der Waals surface area (Å²) in [5.41, 5.74) is 2.69. The van der Waals surface area contributed by atoms with Crippen molar-refractivity contribution in [2.24, 2.45) is 11.8 Å². The molecule has 1 aliphatic rings. The normalized spacial score (nSPS) is 16.5. The Hall–Kier alpha value is -2.00. The van der Waals surface area contributed by atoms with Gasteiger partial charge in [0.2, 0.25) is 0 Å². The first-order valence-corrected chi connectivity index (χ1v) is 18.6. The number of likely N-dealkylation sites (tertiary alicyclic amines) is 1. The molecule has 230 valence electrons. The van der Waals surface area contributed by atoms with Crippen LogP contribution >= 0.6 is 23.2 Å². The number of hydrogen-bond acceptors (Lipinski definition) is 6. The highest BCUT2D eigenvalue weighted by Crippen LogP contribution is 2.22. The Morgan fingerprint density at radius 3 is 1.93 bits per heavy atom. The fourth-order valence-corrected chi connectivity index (χ4v) is 5.83. The molecule has 0 aliphatic carbocycles. The molecule has 0 amide bonds. The van der Waals surface area contributed by atoms with Gasteiger partial charge in [-0.15, -0.1) is 23.2 Å². The van der Waals surface area contributed by atoms with E-state index in [0.717, 1.165) is 39.2 Å². The van der Waals surface area contributed by atoms with Crippen molar-refractivity contribution in [2.75, 3.05) is 45.5 Å². The quantitative estimate of drug-likeness (QED) is 0.0703. The van der Waals surface area contributed by atoms with Crippen LogP contribution in [0.5, 0.6) is 0 Å². The molecule has 3 rings (SSSR count). The smallest absolute Gasteiger partial charge is 0.330 e. The molecule has 0 spiro atoms. The summed E-state index contributed by atoms with van der Waals surface area (Å²) in [5, 5.41) is 0.194. The average molecular weight is 626 g/mol. The Balaban J connectivity index is 0.000000594. The molecular formula is C32H50Cl2N2O4Si. The Bertz CT molecular complexity index is 959. The molecule has 0 aromatic heterocycles. The van der Waals surface area contributed by atoms with Crippen molar-refractivity contribution in [3.63, 3.8) is 0 Å². The molecule has 1 aliphatic heterocycles. The largest absolute Gasteiger partial charge is 0.466 e. The van der Waals surface area contributed by atoms with Gasteiger partial charge in [-0.05, 0) is 30.1 Å². The standard InChI is InChI=1S/C13H23NOSi.C13H17NO.C5H8O2.CH2Cl2/c1-15-11-14(12-16(2,3)4)10-13-8-6-5-7-9-13;1-11-7-14(9-13(11)10-15)8-12-5-3-2-4-6-12;1-3-4-5(6)7-2;2-1-3/h5-9H,10-12H2,1-4H3;2-6,10-11,13H,7-9H2,1H3;3-4H,1-2H3;1H2/b;;4-3+;. The number of hydrogen-bond donors (Lipinski definition) is 0. The maximum Gasteiger partial charge on any atom is 0.330 e. The molecule has 0 saturated carbocycles. The number of alkyl halides is 2. The van der Waals surface area contributed by atoms with E-state index in [0.29, 0.717) is 5.92 Å². The van der Waals surface area contributed by atoms with Crippen molar-refractivity contribution in [3.8, 4) is 0 Å². The van der Waals surface area contributed by atoms with Crippen LogP contribution in [-0.4, -0.2) is 75.7 Å². The number of carbonyl (C=O) groups excluding carboxylic acids is 2. The van der Waals surface area contributed by atoms with Gasteiger partial charge < -0.3 is 14.3 Å². The summed E-state index contributed by atoms with van der Waals surface area (Å²) in [6.45, 7) is 15.7. The highest BCUT2D eigenvalue weighted by molar-refractivity contribution is 6.76. The average Bonchev–Trinajstić information content (AvgIpc) is 3.29.